The lowest BCUT2D eigenvalue weighted by Gasteiger charge is -2.21. The molecule has 0 radical (unpaired) electrons. The zero-order valence-electron chi connectivity index (χ0n) is 11.5. The van der Waals surface area contributed by atoms with Crippen molar-refractivity contribution in [3.05, 3.63) is 0 Å². The van der Waals surface area contributed by atoms with Crippen LogP contribution in [0.2, 0.25) is 0 Å². The minimum atomic E-state index is 0.0851. The molecule has 2 saturated heterocycles. The smallest absolute Gasteiger partial charge is 0.317 e. The van der Waals surface area contributed by atoms with Crippen LogP contribution >= 0.6 is 0 Å². The molecule has 0 aromatic carbocycles. The highest BCUT2D eigenvalue weighted by atomic mass is 16.2. The van der Waals surface area contributed by atoms with Crippen LogP contribution < -0.4 is 10.6 Å². The SMILES string of the molecule is CC(CNCCN1CCNC1=O)CN1CCCC1. The number of hydrogen-bond acceptors (Lipinski definition) is 3. The Labute approximate surface area is 110 Å². The molecule has 2 aliphatic rings. The van der Waals surface area contributed by atoms with E-state index >= 15 is 0 Å². The molecule has 5 heteroatoms. The van der Waals surface area contributed by atoms with Crippen LogP contribution in [0.5, 0.6) is 0 Å². The third-order valence-corrected chi connectivity index (χ3v) is 3.77. The molecule has 0 aliphatic carbocycles. The van der Waals surface area contributed by atoms with Crippen LogP contribution in [0.15, 0.2) is 0 Å². The Morgan fingerprint density at radius 1 is 1.33 bits per heavy atom. The van der Waals surface area contributed by atoms with Crippen molar-refractivity contribution in [2.75, 3.05) is 52.4 Å². The van der Waals surface area contributed by atoms with Gasteiger partial charge in [-0.25, -0.2) is 4.79 Å². The number of urea groups is 1. The average Bonchev–Trinajstić information content (AvgIpc) is 2.97. The van der Waals surface area contributed by atoms with Crippen LogP contribution in [-0.4, -0.2) is 68.2 Å². The molecule has 0 aromatic heterocycles. The second-order valence-electron chi connectivity index (χ2n) is 5.54. The maximum absolute atomic E-state index is 11.3. The molecule has 1 unspecified atom stereocenters. The van der Waals surface area contributed by atoms with E-state index in [0.717, 1.165) is 32.7 Å². The number of amides is 2. The van der Waals surface area contributed by atoms with Gasteiger partial charge in [-0.05, 0) is 38.4 Å². The molecule has 0 bridgehead atoms. The van der Waals surface area contributed by atoms with Crippen LogP contribution in [-0.2, 0) is 0 Å². The Hall–Kier alpha value is -0.810. The van der Waals surface area contributed by atoms with Gasteiger partial charge in [0.1, 0.15) is 0 Å². The van der Waals surface area contributed by atoms with Gasteiger partial charge in [-0.1, -0.05) is 6.92 Å². The van der Waals surface area contributed by atoms with E-state index in [1.54, 1.807) is 0 Å². The number of likely N-dealkylation sites (tertiary alicyclic amines) is 1. The first-order valence-electron chi connectivity index (χ1n) is 7.21. The molecule has 5 nitrogen and oxygen atoms in total. The zero-order valence-corrected chi connectivity index (χ0v) is 11.5. The number of nitrogens with one attached hydrogen (secondary N) is 2. The molecule has 0 saturated carbocycles. The molecule has 2 fully saturated rings. The Kier molecular flexibility index (Phi) is 5.26. The number of carbonyl (C=O) groups is 1. The van der Waals surface area contributed by atoms with Gasteiger partial charge in [0, 0.05) is 32.7 Å². The van der Waals surface area contributed by atoms with Crippen molar-refractivity contribution in [3.8, 4) is 0 Å². The predicted molar refractivity (Wildman–Crippen MR) is 72.7 cm³/mol. The van der Waals surface area contributed by atoms with E-state index in [2.05, 4.69) is 22.5 Å². The van der Waals surface area contributed by atoms with Crippen molar-refractivity contribution in [2.45, 2.75) is 19.8 Å². The van der Waals surface area contributed by atoms with E-state index < -0.39 is 0 Å². The van der Waals surface area contributed by atoms with Gasteiger partial charge in [-0.2, -0.15) is 0 Å². The molecule has 18 heavy (non-hydrogen) atoms. The first-order valence-corrected chi connectivity index (χ1v) is 7.21. The fraction of sp³-hybridized carbons (Fsp3) is 0.923. The van der Waals surface area contributed by atoms with Crippen LogP contribution in [0.1, 0.15) is 19.8 Å². The molecule has 2 rings (SSSR count). The third kappa shape index (κ3) is 4.14. The van der Waals surface area contributed by atoms with Crippen LogP contribution in [0.4, 0.5) is 4.79 Å². The van der Waals surface area contributed by atoms with Crippen molar-refractivity contribution in [1.82, 2.24) is 20.4 Å². The molecule has 104 valence electrons. The number of hydrogen-bond donors (Lipinski definition) is 2. The molecule has 2 amide bonds. The summed E-state index contributed by atoms with van der Waals surface area (Å²) < 4.78 is 0. The second-order valence-corrected chi connectivity index (χ2v) is 5.54. The molecule has 2 heterocycles. The second kappa shape index (κ2) is 6.95. The highest BCUT2D eigenvalue weighted by molar-refractivity contribution is 5.76. The Morgan fingerprint density at radius 2 is 2.11 bits per heavy atom. The number of carbonyl (C=O) groups excluding carboxylic acids is 1. The molecule has 2 aliphatic heterocycles. The standard InChI is InChI=1S/C13H26N4O/c1-12(11-16-6-2-3-7-16)10-14-4-8-17-9-5-15-13(17)18/h12,14H,2-11H2,1H3,(H,15,18). The van der Waals surface area contributed by atoms with Gasteiger partial charge in [0.05, 0.1) is 0 Å². The average molecular weight is 254 g/mol. The minimum absolute atomic E-state index is 0.0851. The summed E-state index contributed by atoms with van der Waals surface area (Å²) in [4.78, 5) is 15.7. The van der Waals surface area contributed by atoms with Crippen LogP contribution in [0, 0.1) is 5.92 Å². The van der Waals surface area contributed by atoms with Gasteiger partial charge < -0.3 is 20.4 Å². The molecular weight excluding hydrogens is 228 g/mol. The quantitative estimate of drug-likeness (QED) is 0.644. The first-order chi connectivity index (χ1) is 8.75. The summed E-state index contributed by atoms with van der Waals surface area (Å²) in [7, 11) is 0. The van der Waals surface area contributed by atoms with Gasteiger partial charge in [0.2, 0.25) is 0 Å². The monoisotopic (exact) mass is 254 g/mol. The summed E-state index contributed by atoms with van der Waals surface area (Å²) in [6.45, 7) is 10.5. The maximum Gasteiger partial charge on any atom is 0.317 e. The fourth-order valence-corrected chi connectivity index (χ4v) is 2.76. The van der Waals surface area contributed by atoms with Gasteiger partial charge >= 0.3 is 6.03 Å². The van der Waals surface area contributed by atoms with E-state index in [0.29, 0.717) is 5.92 Å². The van der Waals surface area contributed by atoms with Crippen molar-refractivity contribution >= 4 is 6.03 Å². The summed E-state index contributed by atoms with van der Waals surface area (Å²) in [6.07, 6.45) is 2.73. The number of nitrogens with zero attached hydrogens (tertiary/aromatic N) is 2. The molecule has 2 N–H and O–H groups in total. The minimum Gasteiger partial charge on any atom is -0.336 e. The van der Waals surface area contributed by atoms with Crippen molar-refractivity contribution in [3.63, 3.8) is 0 Å². The molecule has 0 spiro atoms. The van der Waals surface area contributed by atoms with E-state index in [4.69, 9.17) is 0 Å². The van der Waals surface area contributed by atoms with E-state index in [1.165, 1.54) is 32.5 Å². The van der Waals surface area contributed by atoms with Gasteiger partial charge in [0.15, 0.2) is 0 Å². The Bertz CT molecular complexity index is 266. The predicted octanol–water partition coefficient (Wildman–Crippen LogP) is 0.333. The normalized spacial score (nSPS) is 22.5. The maximum atomic E-state index is 11.3. The zero-order chi connectivity index (χ0) is 12.8. The molecular formula is C13H26N4O. The summed E-state index contributed by atoms with van der Waals surface area (Å²) in [5.74, 6) is 0.690. The fourth-order valence-electron chi connectivity index (χ4n) is 2.76. The topological polar surface area (TPSA) is 47.6 Å². The number of rotatable bonds is 7. The Morgan fingerprint density at radius 3 is 2.78 bits per heavy atom. The summed E-state index contributed by atoms with van der Waals surface area (Å²) in [5, 5.41) is 6.28. The van der Waals surface area contributed by atoms with E-state index in [1.807, 2.05) is 4.90 Å². The molecule has 1 atom stereocenters. The summed E-state index contributed by atoms with van der Waals surface area (Å²) in [6, 6.07) is 0.0851. The largest absolute Gasteiger partial charge is 0.336 e. The molecule has 0 aromatic rings. The lowest BCUT2D eigenvalue weighted by Crippen LogP contribution is -2.37. The van der Waals surface area contributed by atoms with E-state index in [-0.39, 0.29) is 6.03 Å². The lowest BCUT2D eigenvalue weighted by atomic mass is 10.1. The highest BCUT2D eigenvalue weighted by Crippen LogP contribution is 2.09. The van der Waals surface area contributed by atoms with E-state index in [9.17, 15) is 4.79 Å². The summed E-state index contributed by atoms with van der Waals surface area (Å²) in [5.41, 5.74) is 0. The summed E-state index contributed by atoms with van der Waals surface area (Å²) >= 11 is 0. The van der Waals surface area contributed by atoms with Crippen molar-refractivity contribution in [2.24, 2.45) is 5.92 Å². The first kappa shape index (κ1) is 13.6. The van der Waals surface area contributed by atoms with Crippen molar-refractivity contribution < 1.29 is 4.79 Å². The third-order valence-electron chi connectivity index (χ3n) is 3.77. The van der Waals surface area contributed by atoms with Crippen molar-refractivity contribution in [1.29, 1.82) is 0 Å². The van der Waals surface area contributed by atoms with Crippen LogP contribution in [0.3, 0.4) is 0 Å². The van der Waals surface area contributed by atoms with Gasteiger partial charge in [0.25, 0.3) is 0 Å². The lowest BCUT2D eigenvalue weighted by molar-refractivity contribution is 0.217. The van der Waals surface area contributed by atoms with Gasteiger partial charge in [-0.15, -0.1) is 0 Å². The van der Waals surface area contributed by atoms with Crippen LogP contribution in [0.25, 0.3) is 0 Å². The Balaban J connectivity index is 1.50. The highest BCUT2D eigenvalue weighted by Gasteiger charge is 2.18. The van der Waals surface area contributed by atoms with Gasteiger partial charge in [-0.3, -0.25) is 0 Å².